The smallest absolute Gasteiger partial charge is 0.161 e. The summed E-state index contributed by atoms with van der Waals surface area (Å²) in [7, 11) is 3.62. The highest BCUT2D eigenvalue weighted by atomic mass is 16.5. The number of methoxy groups -OCH3 is 1. The van der Waals surface area contributed by atoms with E-state index in [4.69, 9.17) is 19.3 Å². The number of para-hydroxylation sites is 2. The molecule has 1 aliphatic heterocycles. The molecule has 1 atom stereocenters. The van der Waals surface area contributed by atoms with Crippen molar-refractivity contribution in [3.63, 3.8) is 0 Å². The average Bonchev–Trinajstić information content (AvgIpc) is 3.20. The van der Waals surface area contributed by atoms with Crippen molar-refractivity contribution in [3.05, 3.63) is 65.5 Å². The van der Waals surface area contributed by atoms with Crippen LogP contribution in [0.2, 0.25) is 0 Å². The molecule has 1 unspecified atom stereocenters. The van der Waals surface area contributed by atoms with Crippen LogP contribution in [0.1, 0.15) is 35.8 Å². The molecule has 1 fully saturated rings. The highest BCUT2D eigenvalue weighted by Gasteiger charge is 2.25. The maximum atomic E-state index is 6.04. The van der Waals surface area contributed by atoms with Gasteiger partial charge in [-0.05, 0) is 18.2 Å². The molecule has 0 N–H and O–H groups in total. The van der Waals surface area contributed by atoms with Crippen molar-refractivity contribution in [3.8, 4) is 11.5 Å². The first-order valence-electron chi connectivity index (χ1n) is 11.1. The Morgan fingerprint density at radius 2 is 1.94 bits per heavy atom. The highest BCUT2D eigenvalue weighted by molar-refractivity contribution is 5.39. The average molecular weight is 438 g/mol. The number of rotatable bonds is 9. The summed E-state index contributed by atoms with van der Waals surface area (Å²) in [5.74, 6) is 2.37. The van der Waals surface area contributed by atoms with Gasteiger partial charge in [-0.2, -0.15) is 5.10 Å². The summed E-state index contributed by atoms with van der Waals surface area (Å²) in [4.78, 5) is 11.2. The molecule has 1 aromatic carbocycles. The number of hydrogen-bond acceptors (Lipinski definition) is 7. The lowest BCUT2D eigenvalue weighted by Crippen LogP contribution is -2.38. The van der Waals surface area contributed by atoms with Gasteiger partial charge in [-0.25, -0.2) is 9.97 Å². The molecule has 3 heterocycles. The van der Waals surface area contributed by atoms with E-state index in [0.29, 0.717) is 13.2 Å². The molecule has 0 spiro atoms. The van der Waals surface area contributed by atoms with Gasteiger partial charge in [0.1, 0.15) is 11.9 Å². The molecule has 0 bridgehead atoms. The van der Waals surface area contributed by atoms with E-state index in [0.717, 1.165) is 66.8 Å². The zero-order valence-corrected chi connectivity index (χ0v) is 19.0. The van der Waals surface area contributed by atoms with Gasteiger partial charge in [0.25, 0.3) is 0 Å². The predicted molar refractivity (Wildman–Crippen MR) is 121 cm³/mol. The summed E-state index contributed by atoms with van der Waals surface area (Å²) in [6.07, 6.45) is 5.41. The highest BCUT2D eigenvalue weighted by Crippen LogP contribution is 2.26. The zero-order valence-electron chi connectivity index (χ0n) is 19.0. The maximum absolute atomic E-state index is 6.04. The second-order valence-corrected chi connectivity index (χ2v) is 7.89. The number of ether oxygens (including phenoxy) is 3. The summed E-state index contributed by atoms with van der Waals surface area (Å²) in [6.45, 7) is 5.79. The molecular formula is C24H31N5O3. The van der Waals surface area contributed by atoms with Crippen LogP contribution in [-0.2, 0) is 31.2 Å². The largest absolute Gasteiger partial charge is 0.493 e. The van der Waals surface area contributed by atoms with Crippen molar-refractivity contribution >= 4 is 0 Å². The van der Waals surface area contributed by atoms with E-state index < -0.39 is 0 Å². The van der Waals surface area contributed by atoms with E-state index >= 15 is 0 Å². The van der Waals surface area contributed by atoms with Crippen LogP contribution in [0.25, 0.3) is 0 Å². The number of benzene rings is 1. The van der Waals surface area contributed by atoms with Gasteiger partial charge in [0.05, 0.1) is 26.0 Å². The second kappa shape index (κ2) is 10.6. The topological polar surface area (TPSA) is 74.5 Å². The van der Waals surface area contributed by atoms with Crippen molar-refractivity contribution < 1.29 is 14.2 Å². The zero-order chi connectivity index (χ0) is 22.3. The summed E-state index contributed by atoms with van der Waals surface area (Å²) in [5, 5.41) is 4.72. The fraction of sp³-hybridized carbons (Fsp3) is 0.458. The summed E-state index contributed by atoms with van der Waals surface area (Å²) in [6, 6.07) is 9.81. The monoisotopic (exact) mass is 437 g/mol. The van der Waals surface area contributed by atoms with Crippen LogP contribution in [0.15, 0.2) is 42.7 Å². The Morgan fingerprint density at radius 1 is 1.16 bits per heavy atom. The van der Waals surface area contributed by atoms with Crippen LogP contribution in [0.5, 0.6) is 11.5 Å². The Kier molecular flexibility index (Phi) is 7.34. The fourth-order valence-corrected chi connectivity index (χ4v) is 3.85. The molecule has 2 aromatic heterocycles. The molecule has 0 aliphatic carbocycles. The van der Waals surface area contributed by atoms with E-state index in [1.165, 1.54) is 0 Å². The van der Waals surface area contributed by atoms with Crippen LogP contribution in [0, 0.1) is 0 Å². The first-order valence-corrected chi connectivity index (χ1v) is 11.1. The third-order valence-electron chi connectivity index (χ3n) is 5.64. The first-order chi connectivity index (χ1) is 15.7. The second-order valence-electron chi connectivity index (χ2n) is 7.89. The van der Waals surface area contributed by atoms with Crippen LogP contribution in [0.3, 0.4) is 0 Å². The van der Waals surface area contributed by atoms with Gasteiger partial charge in [0.2, 0.25) is 0 Å². The Bertz CT molecular complexity index is 1010. The molecule has 0 amide bonds. The summed E-state index contributed by atoms with van der Waals surface area (Å²) >= 11 is 0. The Hall–Kier alpha value is -2.97. The van der Waals surface area contributed by atoms with Gasteiger partial charge in [0, 0.05) is 63.2 Å². The summed E-state index contributed by atoms with van der Waals surface area (Å²) < 4.78 is 19.2. The molecular weight excluding hydrogens is 406 g/mol. The van der Waals surface area contributed by atoms with Gasteiger partial charge in [-0.3, -0.25) is 9.58 Å². The van der Waals surface area contributed by atoms with Crippen molar-refractivity contribution in [2.75, 3.05) is 33.4 Å². The normalized spacial score (nSPS) is 16.8. The molecule has 170 valence electrons. The molecule has 3 aromatic rings. The standard InChI is InChI=1S/C24H31N5O3/c1-4-24-25-14-18(15-26-24)16-29-10-12-32-23(17-29)20-13-19(28(2)27-20)9-11-31-22-8-6-5-7-21(22)30-3/h5-8,13-15,23H,4,9-12,16-17H2,1-3H3. The van der Waals surface area contributed by atoms with Crippen LogP contribution >= 0.6 is 0 Å². The van der Waals surface area contributed by atoms with E-state index in [2.05, 4.69) is 27.9 Å². The van der Waals surface area contributed by atoms with Crippen molar-refractivity contribution in [2.24, 2.45) is 7.05 Å². The lowest BCUT2D eigenvalue weighted by Gasteiger charge is -2.32. The van der Waals surface area contributed by atoms with Crippen molar-refractivity contribution in [2.45, 2.75) is 32.4 Å². The Labute approximate surface area is 189 Å². The number of aromatic nitrogens is 4. The van der Waals surface area contributed by atoms with Crippen molar-refractivity contribution in [1.29, 1.82) is 0 Å². The van der Waals surface area contributed by atoms with Gasteiger partial charge in [-0.1, -0.05) is 19.1 Å². The lowest BCUT2D eigenvalue weighted by molar-refractivity contribution is -0.0352. The third kappa shape index (κ3) is 5.44. The van der Waals surface area contributed by atoms with Gasteiger partial charge >= 0.3 is 0 Å². The fourth-order valence-electron chi connectivity index (χ4n) is 3.85. The molecule has 8 heteroatoms. The van der Waals surface area contributed by atoms with Gasteiger partial charge < -0.3 is 14.2 Å². The van der Waals surface area contributed by atoms with Crippen LogP contribution < -0.4 is 9.47 Å². The van der Waals surface area contributed by atoms with E-state index in [1.807, 2.05) is 48.4 Å². The quantitative estimate of drug-likeness (QED) is 0.509. The molecule has 32 heavy (non-hydrogen) atoms. The van der Waals surface area contributed by atoms with Crippen LogP contribution in [-0.4, -0.2) is 58.1 Å². The lowest BCUT2D eigenvalue weighted by atomic mass is 10.1. The molecule has 0 radical (unpaired) electrons. The predicted octanol–water partition coefficient (Wildman–Crippen LogP) is 2.98. The minimum atomic E-state index is -0.0466. The van der Waals surface area contributed by atoms with Gasteiger partial charge in [0.15, 0.2) is 11.5 Å². The Morgan fingerprint density at radius 3 is 2.69 bits per heavy atom. The summed E-state index contributed by atoms with van der Waals surface area (Å²) in [5.41, 5.74) is 3.19. The number of hydrogen-bond donors (Lipinski definition) is 0. The Balaban J connectivity index is 1.34. The molecule has 0 saturated carbocycles. The SMILES string of the molecule is CCc1ncc(CN2CCOC(c3cc(CCOc4ccccc4OC)n(C)n3)C2)cn1. The minimum absolute atomic E-state index is 0.0466. The van der Waals surface area contributed by atoms with Crippen molar-refractivity contribution in [1.82, 2.24) is 24.6 Å². The van der Waals surface area contributed by atoms with E-state index in [9.17, 15) is 0 Å². The van der Waals surface area contributed by atoms with Crippen LogP contribution in [0.4, 0.5) is 0 Å². The number of aryl methyl sites for hydroxylation is 2. The molecule has 1 saturated heterocycles. The van der Waals surface area contributed by atoms with E-state index in [1.54, 1.807) is 7.11 Å². The third-order valence-corrected chi connectivity index (χ3v) is 5.64. The number of nitrogens with zero attached hydrogens (tertiary/aromatic N) is 5. The minimum Gasteiger partial charge on any atom is -0.493 e. The van der Waals surface area contributed by atoms with E-state index in [-0.39, 0.29) is 6.10 Å². The molecule has 1 aliphatic rings. The molecule has 4 rings (SSSR count). The maximum Gasteiger partial charge on any atom is 0.161 e. The first kappa shape index (κ1) is 22.2. The molecule has 8 nitrogen and oxygen atoms in total. The van der Waals surface area contributed by atoms with Gasteiger partial charge in [-0.15, -0.1) is 0 Å². The number of morpholine rings is 1.